The van der Waals surface area contributed by atoms with Crippen LogP contribution in [-0.4, -0.2) is 54.9 Å². The maximum atomic E-state index is 11.0. The lowest BCUT2D eigenvalue weighted by Crippen LogP contribution is -2.34. The normalized spacial score (nSPS) is 11.9. The van der Waals surface area contributed by atoms with Crippen LogP contribution in [-0.2, 0) is 14.8 Å². The van der Waals surface area contributed by atoms with Crippen LogP contribution < -0.4 is 0 Å². The molecule has 0 aliphatic carbocycles. The fourth-order valence-electron chi connectivity index (χ4n) is 0.775. The number of rotatable bonds is 6. The number of sulfonamides is 1. The molecule has 7 heteroatoms. The first-order valence-electron chi connectivity index (χ1n) is 3.65. The van der Waals surface area contributed by atoms with Crippen molar-refractivity contribution in [3.05, 3.63) is 0 Å². The summed E-state index contributed by atoms with van der Waals surface area (Å²) in [6.45, 7) is -0.479. The van der Waals surface area contributed by atoms with E-state index in [-0.39, 0.29) is 26.1 Å². The number of hydrogen-bond acceptors (Lipinski definition) is 4. The summed E-state index contributed by atoms with van der Waals surface area (Å²) in [5, 5.41) is 16.8. The zero-order valence-corrected chi connectivity index (χ0v) is 8.12. The quantitative estimate of drug-likeness (QED) is 0.570. The van der Waals surface area contributed by atoms with Gasteiger partial charge in [0.1, 0.15) is 0 Å². The third-order valence-electron chi connectivity index (χ3n) is 1.39. The molecule has 0 aliphatic rings. The summed E-state index contributed by atoms with van der Waals surface area (Å²) < 4.78 is 22.8. The molecule has 0 heterocycles. The van der Waals surface area contributed by atoms with Crippen molar-refractivity contribution in [2.45, 2.75) is 6.42 Å². The number of nitrogens with zero attached hydrogens (tertiary/aromatic N) is 1. The Balaban J connectivity index is 4.19. The van der Waals surface area contributed by atoms with E-state index in [0.717, 1.165) is 10.6 Å². The van der Waals surface area contributed by atoms with Crippen LogP contribution in [0.2, 0.25) is 0 Å². The third kappa shape index (κ3) is 5.56. The van der Waals surface area contributed by atoms with Gasteiger partial charge in [0.25, 0.3) is 0 Å². The van der Waals surface area contributed by atoms with Crippen LogP contribution in [0.1, 0.15) is 6.42 Å². The Labute approximate surface area is 76.8 Å². The van der Waals surface area contributed by atoms with Gasteiger partial charge in [-0.1, -0.05) is 0 Å². The van der Waals surface area contributed by atoms with Crippen LogP contribution in [0.4, 0.5) is 0 Å². The van der Waals surface area contributed by atoms with Crippen LogP contribution in [0.25, 0.3) is 0 Å². The van der Waals surface area contributed by atoms with E-state index >= 15 is 0 Å². The number of carbonyl (C=O) groups is 1. The lowest BCUT2D eigenvalue weighted by Gasteiger charge is -2.17. The molecule has 0 radical (unpaired) electrons. The highest BCUT2D eigenvalue weighted by atomic mass is 32.2. The fourth-order valence-corrected chi connectivity index (χ4v) is 1.61. The molecule has 6 nitrogen and oxygen atoms in total. The molecule has 78 valence electrons. The SMILES string of the molecule is CS(=O)(=O)N(CCO)CCC(=O)O. The summed E-state index contributed by atoms with van der Waals surface area (Å²) in [5.74, 6) is -1.06. The minimum atomic E-state index is -3.41. The second-order valence-electron chi connectivity index (χ2n) is 2.53. The van der Waals surface area contributed by atoms with Gasteiger partial charge in [-0.3, -0.25) is 4.79 Å². The van der Waals surface area contributed by atoms with Crippen LogP contribution in [0.3, 0.4) is 0 Å². The van der Waals surface area contributed by atoms with Crippen LogP contribution >= 0.6 is 0 Å². The van der Waals surface area contributed by atoms with Crippen molar-refractivity contribution in [2.75, 3.05) is 26.0 Å². The van der Waals surface area contributed by atoms with Gasteiger partial charge in [0.15, 0.2) is 0 Å². The Morgan fingerprint density at radius 3 is 2.23 bits per heavy atom. The van der Waals surface area contributed by atoms with E-state index in [0.29, 0.717) is 0 Å². The summed E-state index contributed by atoms with van der Waals surface area (Å²) in [6.07, 6.45) is 0.720. The van der Waals surface area contributed by atoms with Crippen LogP contribution in [0, 0.1) is 0 Å². The van der Waals surface area contributed by atoms with Gasteiger partial charge in [-0.25, -0.2) is 8.42 Å². The maximum Gasteiger partial charge on any atom is 0.304 e. The van der Waals surface area contributed by atoms with Gasteiger partial charge in [-0.2, -0.15) is 4.31 Å². The Hall–Kier alpha value is -0.660. The second kappa shape index (κ2) is 5.15. The van der Waals surface area contributed by atoms with Gasteiger partial charge in [-0.05, 0) is 0 Å². The Morgan fingerprint density at radius 1 is 1.38 bits per heavy atom. The molecule has 13 heavy (non-hydrogen) atoms. The van der Waals surface area contributed by atoms with Crippen molar-refractivity contribution in [2.24, 2.45) is 0 Å². The van der Waals surface area contributed by atoms with Gasteiger partial charge < -0.3 is 10.2 Å². The smallest absolute Gasteiger partial charge is 0.304 e. The molecule has 0 saturated heterocycles. The standard InChI is InChI=1S/C6H13NO5S/c1-13(11,12)7(4-5-8)3-2-6(9)10/h8H,2-5H2,1H3,(H,9,10). The van der Waals surface area contributed by atoms with Gasteiger partial charge in [-0.15, -0.1) is 0 Å². The number of carboxylic acid groups (broad SMARTS) is 1. The number of aliphatic hydroxyl groups excluding tert-OH is 1. The number of aliphatic carboxylic acids is 1. The van der Waals surface area contributed by atoms with Gasteiger partial charge in [0, 0.05) is 13.1 Å². The first-order valence-corrected chi connectivity index (χ1v) is 5.50. The highest BCUT2D eigenvalue weighted by Gasteiger charge is 2.16. The molecule has 0 fully saturated rings. The Bertz CT molecular complexity index is 260. The molecule has 0 bridgehead atoms. The van der Waals surface area contributed by atoms with Crippen LogP contribution in [0.5, 0.6) is 0 Å². The van der Waals surface area contributed by atoms with Gasteiger partial charge >= 0.3 is 5.97 Å². The molecule has 0 spiro atoms. The van der Waals surface area contributed by atoms with E-state index in [1.165, 1.54) is 0 Å². The lowest BCUT2D eigenvalue weighted by molar-refractivity contribution is -0.137. The predicted octanol–water partition coefficient (Wildman–Crippen LogP) is -1.28. The van der Waals surface area contributed by atoms with E-state index in [1.807, 2.05) is 0 Å². The summed E-state index contributed by atoms with van der Waals surface area (Å²) in [4.78, 5) is 10.2. The molecule has 0 saturated carbocycles. The highest BCUT2D eigenvalue weighted by Crippen LogP contribution is 1.98. The summed E-state index contributed by atoms with van der Waals surface area (Å²) >= 11 is 0. The molecule has 0 aromatic rings. The highest BCUT2D eigenvalue weighted by molar-refractivity contribution is 7.88. The molecular weight excluding hydrogens is 198 g/mol. The lowest BCUT2D eigenvalue weighted by atomic mass is 10.4. The minimum absolute atomic E-state index is 0.0634. The Kier molecular flexibility index (Phi) is 4.89. The zero-order valence-electron chi connectivity index (χ0n) is 7.30. The monoisotopic (exact) mass is 211 g/mol. The van der Waals surface area contributed by atoms with Crippen molar-refractivity contribution in [1.29, 1.82) is 0 Å². The first-order chi connectivity index (χ1) is 5.88. The number of carboxylic acids is 1. The second-order valence-corrected chi connectivity index (χ2v) is 4.51. The summed E-state index contributed by atoms with van der Waals surface area (Å²) in [5.41, 5.74) is 0. The third-order valence-corrected chi connectivity index (χ3v) is 2.70. The largest absolute Gasteiger partial charge is 0.481 e. The van der Waals surface area contributed by atoms with E-state index < -0.39 is 16.0 Å². The van der Waals surface area contributed by atoms with Crippen molar-refractivity contribution in [1.82, 2.24) is 4.31 Å². The molecule has 0 amide bonds. The molecule has 0 atom stereocenters. The van der Waals surface area contributed by atoms with Crippen molar-refractivity contribution in [3.63, 3.8) is 0 Å². The molecular formula is C6H13NO5S. The topological polar surface area (TPSA) is 94.9 Å². The maximum absolute atomic E-state index is 11.0. The number of hydrogen-bond donors (Lipinski definition) is 2. The average Bonchev–Trinajstić information content (AvgIpc) is 1.95. The van der Waals surface area contributed by atoms with E-state index in [1.54, 1.807) is 0 Å². The fraction of sp³-hybridized carbons (Fsp3) is 0.833. The van der Waals surface area contributed by atoms with Gasteiger partial charge in [0.05, 0.1) is 19.3 Å². The molecule has 0 unspecified atom stereocenters. The predicted molar refractivity (Wildman–Crippen MR) is 45.8 cm³/mol. The van der Waals surface area contributed by atoms with Crippen molar-refractivity contribution in [3.8, 4) is 0 Å². The van der Waals surface area contributed by atoms with E-state index in [4.69, 9.17) is 10.2 Å². The summed E-state index contributed by atoms with van der Waals surface area (Å²) in [7, 11) is -3.41. The van der Waals surface area contributed by atoms with E-state index in [2.05, 4.69) is 0 Å². The molecule has 0 aromatic heterocycles. The molecule has 0 rings (SSSR count). The summed E-state index contributed by atoms with van der Waals surface area (Å²) in [6, 6.07) is 0. The van der Waals surface area contributed by atoms with Crippen molar-refractivity contribution >= 4 is 16.0 Å². The minimum Gasteiger partial charge on any atom is -0.481 e. The molecule has 0 aromatic carbocycles. The van der Waals surface area contributed by atoms with Crippen LogP contribution in [0.15, 0.2) is 0 Å². The zero-order chi connectivity index (χ0) is 10.5. The van der Waals surface area contributed by atoms with Crippen molar-refractivity contribution < 1.29 is 23.4 Å². The van der Waals surface area contributed by atoms with Gasteiger partial charge in [0.2, 0.25) is 10.0 Å². The Morgan fingerprint density at radius 2 is 1.92 bits per heavy atom. The average molecular weight is 211 g/mol. The van der Waals surface area contributed by atoms with E-state index in [9.17, 15) is 13.2 Å². The first kappa shape index (κ1) is 12.3. The number of aliphatic hydroxyl groups is 1. The molecule has 0 aliphatic heterocycles. The molecule has 2 N–H and O–H groups in total.